The molecular weight excluding hydrogens is 205 g/mol. The van der Waals surface area contributed by atoms with E-state index in [1.807, 2.05) is 0 Å². The standard InChI is InChI=1S/C10H7F3N2/c11-5-1-2-8-6(3-5)7(14)4-9(15-8)10(12)13/h1-4,10H,(H2,14,15). The first-order valence-electron chi connectivity index (χ1n) is 4.22. The topological polar surface area (TPSA) is 38.9 Å². The van der Waals surface area contributed by atoms with E-state index in [4.69, 9.17) is 5.73 Å². The number of pyridine rings is 1. The van der Waals surface area contributed by atoms with E-state index in [1.165, 1.54) is 12.1 Å². The second-order valence-corrected chi connectivity index (χ2v) is 3.10. The number of nitrogen functional groups attached to an aromatic ring is 1. The molecule has 2 nitrogen and oxygen atoms in total. The second-order valence-electron chi connectivity index (χ2n) is 3.10. The summed E-state index contributed by atoms with van der Waals surface area (Å²) in [6.07, 6.45) is -2.68. The van der Waals surface area contributed by atoms with Crippen LogP contribution in [0.15, 0.2) is 24.3 Å². The summed E-state index contributed by atoms with van der Waals surface area (Å²) in [7, 11) is 0. The highest BCUT2D eigenvalue weighted by Gasteiger charge is 2.12. The van der Waals surface area contributed by atoms with E-state index >= 15 is 0 Å². The third-order valence-electron chi connectivity index (χ3n) is 2.05. The first-order chi connectivity index (χ1) is 7.08. The van der Waals surface area contributed by atoms with Crippen LogP contribution in [0.25, 0.3) is 10.9 Å². The fourth-order valence-electron chi connectivity index (χ4n) is 1.36. The van der Waals surface area contributed by atoms with Crippen molar-refractivity contribution < 1.29 is 13.2 Å². The number of nitrogens with two attached hydrogens (primary N) is 1. The molecule has 0 radical (unpaired) electrons. The monoisotopic (exact) mass is 212 g/mol. The minimum absolute atomic E-state index is 0.106. The number of halogens is 3. The average molecular weight is 212 g/mol. The molecule has 15 heavy (non-hydrogen) atoms. The Morgan fingerprint density at radius 2 is 1.93 bits per heavy atom. The van der Waals surface area contributed by atoms with Gasteiger partial charge in [-0.25, -0.2) is 18.2 Å². The fraction of sp³-hybridized carbons (Fsp3) is 0.100. The van der Waals surface area contributed by atoms with Crippen LogP contribution < -0.4 is 5.73 Å². The lowest BCUT2D eigenvalue weighted by Gasteiger charge is -2.05. The summed E-state index contributed by atoms with van der Waals surface area (Å²) < 4.78 is 37.6. The highest BCUT2D eigenvalue weighted by atomic mass is 19.3. The number of benzene rings is 1. The van der Waals surface area contributed by atoms with Crippen molar-refractivity contribution >= 4 is 16.6 Å². The summed E-state index contributed by atoms with van der Waals surface area (Å²) in [6.45, 7) is 0. The lowest BCUT2D eigenvalue weighted by Crippen LogP contribution is -1.96. The van der Waals surface area contributed by atoms with Crippen LogP contribution in [-0.4, -0.2) is 4.98 Å². The van der Waals surface area contributed by atoms with Crippen LogP contribution in [0, 0.1) is 5.82 Å². The van der Waals surface area contributed by atoms with Crippen molar-refractivity contribution in [3.8, 4) is 0 Å². The van der Waals surface area contributed by atoms with Gasteiger partial charge in [0.15, 0.2) is 0 Å². The smallest absolute Gasteiger partial charge is 0.280 e. The van der Waals surface area contributed by atoms with Crippen molar-refractivity contribution in [3.63, 3.8) is 0 Å². The van der Waals surface area contributed by atoms with E-state index < -0.39 is 17.9 Å². The van der Waals surface area contributed by atoms with E-state index in [9.17, 15) is 13.2 Å². The molecular formula is C10H7F3N2. The Bertz CT molecular complexity index is 511. The molecule has 5 heteroatoms. The zero-order valence-electron chi connectivity index (χ0n) is 7.55. The number of fused-ring (bicyclic) bond motifs is 1. The summed E-state index contributed by atoms with van der Waals surface area (Å²) in [5, 5.41) is 0.347. The molecule has 0 amide bonds. The van der Waals surface area contributed by atoms with Crippen molar-refractivity contribution in [2.45, 2.75) is 6.43 Å². The van der Waals surface area contributed by atoms with Crippen LogP contribution in [0.5, 0.6) is 0 Å². The normalized spacial score (nSPS) is 11.2. The second kappa shape index (κ2) is 3.42. The molecule has 2 rings (SSSR count). The van der Waals surface area contributed by atoms with Gasteiger partial charge in [0.25, 0.3) is 6.43 Å². The van der Waals surface area contributed by atoms with E-state index in [2.05, 4.69) is 4.98 Å². The molecule has 0 saturated heterocycles. The molecule has 0 aliphatic carbocycles. The summed E-state index contributed by atoms with van der Waals surface area (Å²) in [6, 6.07) is 4.72. The number of nitrogens with zero attached hydrogens (tertiary/aromatic N) is 1. The number of alkyl halides is 2. The van der Waals surface area contributed by atoms with Crippen LogP contribution in [-0.2, 0) is 0 Å². The van der Waals surface area contributed by atoms with Crippen molar-refractivity contribution in [3.05, 3.63) is 35.8 Å². The molecule has 0 spiro atoms. The van der Waals surface area contributed by atoms with E-state index in [0.717, 1.165) is 12.1 Å². The molecule has 0 aliphatic rings. The number of rotatable bonds is 1. The van der Waals surface area contributed by atoms with Crippen molar-refractivity contribution in [1.82, 2.24) is 4.98 Å². The van der Waals surface area contributed by atoms with Gasteiger partial charge in [-0.2, -0.15) is 0 Å². The minimum atomic E-state index is -2.68. The predicted molar refractivity (Wildman–Crippen MR) is 51.1 cm³/mol. The third-order valence-corrected chi connectivity index (χ3v) is 2.05. The quantitative estimate of drug-likeness (QED) is 0.789. The molecule has 0 saturated carbocycles. The lowest BCUT2D eigenvalue weighted by atomic mass is 10.1. The number of hydrogen-bond donors (Lipinski definition) is 1. The zero-order valence-corrected chi connectivity index (χ0v) is 7.55. The molecule has 0 fully saturated rings. The highest BCUT2D eigenvalue weighted by Crippen LogP contribution is 2.26. The molecule has 78 valence electrons. The summed E-state index contributed by atoms with van der Waals surface area (Å²) in [5.41, 5.74) is 5.50. The van der Waals surface area contributed by atoms with Gasteiger partial charge in [-0.15, -0.1) is 0 Å². The van der Waals surface area contributed by atoms with E-state index in [-0.39, 0.29) is 11.2 Å². The third kappa shape index (κ3) is 1.72. The minimum Gasteiger partial charge on any atom is -0.398 e. The molecule has 1 heterocycles. The highest BCUT2D eigenvalue weighted by molar-refractivity contribution is 5.90. The molecule has 0 aliphatic heterocycles. The van der Waals surface area contributed by atoms with Gasteiger partial charge in [0.05, 0.1) is 5.52 Å². The molecule has 2 N–H and O–H groups in total. The van der Waals surface area contributed by atoms with Gasteiger partial charge in [-0.05, 0) is 24.3 Å². The first kappa shape index (κ1) is 9.76. The van der Waals surface area contributed by atoms with Gasteiger partial charge in [-0.3, -0.25) is 0 Å². The van der Waals surface area contributed by atoms with Gasteiger partial charge in [0.2, 0.25) is 0 Å². The molecule has 1 aromatic heterocycles. The molecule has 1 aromatic carbocycles. The lowest BCUT2D eigenvalue weighted by molar-refractivity contribution is 0.146. The Morgan fingerprint density at radius 1 is 1.20 bits per heavy atom. The average Bonchev–Trinajstić information content (AvgIpc) is 2.18. The fourth-order valence-corrected chi connectivity index (χ4v) is 1.36. The van der Waals surface area contributed by atoms with Gasteiger partial charge in [0.1, 0.15) is 11.5 Å². The summed E-state index contributed by atoms with van der Waals surface area (Å²) in [5.74, 6) is -0.471. The predicted octanol–water partition coefficient (Wildman–Crippen LogP) is 2.89. The maximum Gasteiger partial charge on any atom is 0.280 e. The SMILES string of the molecule is Nc1cc(C(F)F)nc2ccc(F)cc12. The molecule has 0 unspecified atom stereocenters. The van der Waals surface area contributed by atoms with Crippen LogP contribution in [0.1, 0.15) is 12.1 Å². The number of aromatic nitrogens is 1. The maximum absolute atomic E-state index is 12.8. The zero-order chi connectivity index (χ0) is 11.0. The van der Waals surface area contributed by atoms with Gasteiger partial charge < -0.3 is 5.73 Å². The van der Waals surface area contributed by atoms with Crippen molar-refractivity contribution in [2.75, 3.05) is 5.73 Å². The molecule has 2 aromatic rings. The molecule has 0 atom stereocenters. The Kier molecular flexibility index (Phi) is 2.22. The van der Waals surface area contributed by atoms with Gasteiger partial charge >= 0.3 is 0 Å². The van der Waals surface area contributed by atoms with Gasteiger partial charge in [-0.1, -0.05) is 0 Å². The summed E-state index contributed by atoms with van der Waals surface area (Å²) >= 11 is 0. The van der Waals surface area contributed by atoms with E-state index in [1.54, 1.807) is 0 Å². The Morgan fingerprint density at radius 3 is 2.60 bits per heavy atom. The largest absolute Gasteiger partial charge is 0.398 e. The maximum atomic E-state index is 12.8. The van der Waals surface area contributed by atoms with Crippen LogP contribution >= 0.6 is 0 Å². The summed E-state index contributed by atoms with van der Waals surface area (Å²) in [4.78, 5) is 3.68. The Labute approximate surface area is 83.5 Å². The van der Waals surface area contributed by atoms with Crippen molar-refractivity contribution in [2.24, 2.45) is 0 Å². The van der Waals surface area contributed by atoms with Crippen molar-refractivity contribution in [1.29, 1.82) is 0 Å². The number of anilines is 1. The Balaban J connectivity index is 2.73. The first-order valence-corrected chi connectivity index (χ1v) is 4.22. The Hall–Kier alpha value is -1.78. The van der Waals surface area contributed by atoms with Crippen LogP contribution in [0.4, 0.5) is 18.9 Å². The van der Waals surface area contributed by atoms with E-state index in [0.29, 0.717) is 5.39 Å². The number of hydrogen-bond acceptors (Lipinski definition) is 2. The molecule has 0 bridgehead atoms. The van der Waals surface area contributed by atoms with Crippen LogP contribution in [0.3, 0.4) is 0 Å². The van der Waals surface area contributed by atoms with Gasteiger partial charge in [0, 0.05) is 11.1 Å². The van der Waals surface area contributed by atoms with Crippen LogP contribution in [0.2, 0.25) is 0 Å².